The van der Waals surface area contributed by atoms with Gasteiger partial charge in [0.1, 0.15) is 0 Å². The van der Waals surface area contributed by atoms with Crippen molar-refractivity contribution < 1.29 is 9.53 Å². The van der Waals surface area contributed by atoms with Crippen LogP contribution in [-0.2, 0) is 4.74 Å². The van der Waals surface area contributed by atoms with Crippen LogP contribution in [0.2, 0.25) is 5.02 Å². The molecule has 0 saturated carbocycles. The van der Waals surface area contributed by atoms with E-state index in [0.717, 1.165) is 0 Å². The molecule has 0 amide bonds. The van der Waals surface area contributed by atoms with Gasteiger partial charge in [-0.05, 0) is 19.1 Å². The Kier molecular flexibility index (Phi) is 3.89. The zero-order chi connectivity index (χ0) is 13.0. The third-order valence-electron chi connectivity index (χ3n) is 2.32. The summed E-state index contributed by atoms with van der Waals surface area (Å²) in [6.45, 7) is 2.07. The highest BCUT2D eigenvalue weighted by Gasteiger charge is 2.15. The molecule has 0 unspecified atom stereocenters. The average Bonchev–Trinajstić information content (AvgIpc) is 2.40. The Labute approximate surface area is 110 Å². The van der Waals surface area contributed by atoms with E-state index in [-0.39, 0.29) is 0 Å². The summed E-state index contributed by atoms with van der Waals surface area (Å²) in [5.41, 5.74) is 1.66. The zero-order valence-corrected chi connectivity index (χ0v) is 10.5. The van der Waals surface area contributed by atoms with Crippen LogP contribution in [0.25, 0.3) is 11.3 Å². The minimum absolute atomic E-state index is 0.311. The Morgan fingerprint density at radius 1 is 1.39 bits per heavy atom. The maximum Gasteiger partial charge on any atom is 0.338 e. The lowest BCUT2D eigenvalue weighted by Gasteiger charge is -2.08. The minimum Gasteiger partial charge on any atom is -0.462 e. The molecule has 1 aromatic carbocycles. The lowest BCUT2D eigenvalue weighted by molar-refractivity contribution is 0.0527. The smallest absolute Gasteiger partial charge is 0.338 e. The molecule has 0 fully saturated rings. The first-order chi connectivity index (χ1) is 8.72. The monoisotopic (exact) mass is 262 g/mol. The fourth-order valence-corrected chi connectivity index (χ4v) is 1.73. The normalized spacial score (nSPS) is 10.1. The Balaban J connectivity index is 2.51. The summed E-state index contributed by atoms with van der Waals surface area (Å²) in [5, 5.41) is 0.477. The molecule has 0 atom stereocenters. The van der Waals surface area contributed by atoms with Crippen LogP contribution in [0.5, 0.6) is 0 Å². The number of aromatic nitrogens is 2. The number of carbonyl (C=O) groups excluding carboxylic acids is 1. The first-order valence-electron chi connectivity index (χ1n) is 5.45. The van der Waals surface area contributed by atoms with Crippen molar-refractivity contribution in [3.63, 3.8) is 0 Å². The van der Waals surface area contributed by atoms with Gasteiger partial charge in [-0.2, -0.15) is 0 Å². The van der Waals surface area contributed by atoms with Crippen molar-refractivity contribution in [1.82, 2.24) is 9.97 Å². The van der Waals surface area contributed by atoms with Gasteiger partial charge in [0.25, 0.3) is 0 Å². The second-order valence-corrected chi connectivity index (χ2v) is 3.94. The first-order valence-corrected chi connectivity index (χ1v) is 5.83. The molecular weight excluding hydrogens is 252 g/mol. The van der Waals surface area contributed by atoms with Gasteiger partial charge in [-0.1, -0.05) is 17.7 Å². The minimum atomic E-state index is -0.416. The van der Waals surface area contributed by atoms with Crippen LogP contribution in [0, 0.1) is 0 Å². The molecule has 1 aromatic heterocycles. The maximum atomic E-state index is 11.9. The van der Waals surface area contributed by atoms with Crippen LogP contribution in [0.3, 0.4) is 0 Å². The van der Waals surface area contributed by atoms with E-state index in [4.69, 9.17) is 16.3 Å². The van der Waals surface area contributed by atoms with Gasteiger partial charge in [-0.3, -0.25) is 9.97 Å². The van der Waals surface area contributed by atoms with Crippen molar-refractivity contribution in [3.05, 3.63) is 47.4 Å². The van der Waals surface area contributed by atoms with Crippen molar-refractivity contribution in [2.45, 2.75) is 6.92 Å². The lowest BCUT2D eigenvalue weighted by atomic mass is 10.1. The molecule has 92 valence electrons. The van der Waals surface area contributed by atoms with Crippen LogP contribution in [0.1, 0.15) is 17.3 Å². The number of carbonyl (C=O) groups is 1. The van der Waals surface area contributed by atoms with Crippen molar-refractivity contribution in [3.8, 4) is 11.3 Å². The van der Waals surface area contributed by atoms with Crippen LogP contribution in [0.15, 0.2) is 36.8 Å². The van der Waals surface area contributed by atoms with Gasteiger partial charge in [-0.25, -0.2) is 4.79 Å². The standard InChI is InChI=1S/C13H11ClN2O2/c1-2-18-13(17)11-7-9(14)3-4-10(11)12-8-15-5-6-16-12/h3-8H,2H2,1H3. The number of hydrogen-bond acceptors (Lipinski definition) is 4. The van der Waals surface area contributed by atoms with E-state index in [1.807, 2.05) is 0 Å². The molecule has 0 N–H and O–H groups in total. The van der Waals surface area contributed by atoms with Gasteiger partial charge in [-0.15, -0.1) is 0 Å². The Morgan fingerprint density at radius 2 is 2.22 bits per heavy atom. The van der Waals surface area contributed by atoms with Crippen molar-refractivity contribution in [2.75, 3.05) is 6.61 Å². The van der Waals surface area contributed by atoms with E-state index in [0.29, 0.717) is 28.5 Å². The lowest BCUT2D eigenvalue weighted by Crippen LogP contribution is -2.07. The number of hydrogen-bond donors (Lipinski definition) is 0. The summed E-state index contributed by atoms with van der Waals surface area (Å²) in [4.78, 5) is 20.0. The number of ether oxygens (including phenoxy) is 1. The Morgan fingerprint density at radius 3 is 2.89 bits per heavy atom. The molecule has 0 bridgehead atoms. The zero-order valence-electron chi connectivity index (χ0n) is 9.76. The summed E-state index contributed by atoms with van der Waals surface area (Å²) >= 11 is 5.90. The van der Waals surface area contributed by atoms with Gasteiger partial charge in [0.2, 0.25) is 0 Å². The molecule has 0 saturated heterocycles. The number of rotatable bonds is 3. The average molecular weight is 263 g/mol. The molecule has 0 aliphatic rings. The third kappa shape index (κ3) is 2.65. The molecule has 2 aromatic rings. The number of benzene rings is 1. The second kappa shape index (κ2) is 5.60. The molecule has 0 spiro atoms. The number of esters is 1. The molecular formula is C13H11ClN2O2. The molecule has 4 nitrogen and oxygen atoms in total. The van der Waals surface area contributed by atoms with E-state index in [9.17, 15) is 4.79 Å². The Hall–Kier alpha value is -1.94. The van der Waals surface area contributed by atoms with E-state index < -0.39 is 5.97 Å². The predicted octanol–water partition coefficient (Wildman–Crippen LogP) is 2.97. The maximum absolute atomic E-state index is 11.9. The molecule has 18 heavy (non-hydrogen) atoms. The quantitative estimate of drug-likeness (QED) is 0.798. The summed E-state index contributed by atoms with van der Waals surface area (Å²) < 4.78 is 5.00. The van der Waals surface area contributed by atoms with Gasteiger partial charge >= 0.3 is 5.97 Å². The van der Waals surface area contributed by atoms with Crippen LogP contribution >= 0.6 is 11.6 Å². The molecule has 0 radical (unpaired) electrons. The third-order valence-corrected chi connectivity index (χ3v) is 2.55. The summed E-state index contributed by atoms with van der Waals surface area (Å²) in [6.07, 6.45) is 4.73. The van der Waals surface area contributed by atoms with Gasteiger partial charge < -0.3 is 4.74 Å². The van der Waals surface area contributed by atoms with Crippen molar-refractivity contribution in [2.24, 2.45) is 0 Å². The van der Waals surface area contributed by atoms with E-state index in [1.54, 1.807) is 43.7 Å². The topological polar surface area (TPSA) is 52.1 Å². The first kappa shape index (κ1) is 12.5. The van der Waals surface area contributed by atoms with Crippen LogP contribution in [0.4, 0.5) is 0 Å². The number of nitrogens with zero attached hydrogens (tertiary/aromatic N) is 2. The highest BCUT2D eigenvalue weighted by Crippen LogP contribution is 2.25. The summed E-state index contributed by atoms with van der Waals surface area (Å²) in [5.74, 6) is -0.416. The van der Waals surface area contributed by atoms with E-state index in [2.05, 4.69) is 9.97 Å². The van der Waals surface area contributed by atoms with Gasteiger partial charge in [0.05, 0.1) is 24.1 Å². The van der Waals surface area contributed by atoms with E-state index >= 15 is 0 Å². The fourth-order valence-electron chi connectivity index (χ4n) is 1.56. The SMILES string of the molecule is CCOC(=O)c1cc(Cl)ccc1-c1cnccn1. The molecule has 5 heteroatoms. The van der Waals surface area contributed by atoms with Crippen molar-refractivity contribution in [1.29, 1.82) is 0 Å². The Bertz CT molecular complexity index is 558. The molecule has 2 rings (SSSR count). The fraction of sp³-hybridized carbons (Fsp3) is 0.154. The van der Waals surface area contributed by atoms with E-state index in [1.165, 1.54) is 0 Å². The van der Waals surface area contributed by atoms with Gasteiger partial charge in [0.15, 0.2) is 0 Å². The molecule has 0 aliphatic heterocycles. The predicted molar refractivity (Wildman–Crippen MR) is 68.4 cm³/mol. The molecule has 1 heterocycles. The van der Waals surface area contributed by atoms with Gasteiger partial charge in [0, 0.05) is 23.0 Å². The highest BCUT2D eigenvalue weighted by molar-refractivity contribution is 6.31. The van der Waals surface area contributed by atoms with Crippen LogP contribution < -0.4 is 0 Å². The second-order valence-electron chi connectivity index (χ2n) is 3.50. The molecule has 0 aliphatic carbocycles. The number of halogens is 1. The summed E-state index contributed by atoms with van der Waals surface area (Å²) in [7, 11) is 0. The largest absolute Gasteiger partial charge is 0.462 e. The summed E-state index contributed by atoms with van der Waals surface area (Å²) in [6, 6.07) is 5.01. The highest BCUT2D eigenvalue weighted by atomic mass is 35.5. The van der Waals surface area contributed by atoms with Crippen LogP contribution in [-0.4, -0.2) is 22.5 Å². The van der Waals surface area contributed by atoms with Crippen molar-refractivity contribution >= 4 is 17.6 Å².